The van der Waals surface area contributed by atoms with E-state index in [-0.39, 0.29) is 5.75 Å². The van der Waals surface area contributed by atoms with Crippen molar-refractivity contribution < 1.29 is 9.90 Å². The van der Waals surface area contributed by atoms with E-state index in [0.29, 0.717) is 17.0 Å². The molecule has 1 aromatic rings. The Balaban J connectivity index is 2.73. The van der Waals surface area contributed by atoms with Gasteiger partial charge in [-0.3, -0.25) is 9.36 Å². The first-order chi connectivity index (χ1) is 7.54. The normalized spacial score (nSPS) is 12.6. The second-order valence-electron chi connectivity index (χ2n) is 3.65. The van der Waals surface area contributed by atoms with Crippen LogP contribution in [0, 0.1) is 5.92 Å². The van der Waals surface area contributed by atoms with Crippen LogP contribution in [-0.2, 0) is 11.3 Å². The molecule has 0 spiro atoms. The Morgan fingerprint density at radius 2 is 2.31 bits per heavy atom. The third-order valence-electron chi connectivity index (χ3n) is 2.26. The maximum atomic E-state index is 10.5. The van der Waals surface area contributed by atoms with E-state index in [1.165, 1.54) is 0 Å². The Kier molecular flexibility index (Phi) is 4.60. The lowest BCUT2D eigenvalue weighted by molar-refractivity contribution is -0.133. The molecule has 16 heavy (non-hydrogen) atoms. The van der Waals surface area contributed by atoms with Gasteiger partial charge in [-0.2, -0.15) is 0 Å². The SMILES string of the molecule is CCC(C)Cn1c(N)nnc1SCC(=O)O. The minimum absolute atomic E-state index is 0.0291. The minimum Gasteiger partial charge on any atom is -0.481 e. The molecule has 0 fully saturated rings. The molecule has 0 bridgehead atoms. The third kappa shape index (κ3) is 3.41. The van der Waals surface area contributed by atoms with Crippen molar-refractivity contribution in [1.82, 2.24) is 14.8 Å². The molecule has 0 saturated heterocycles. The zero-order valence-corrected chi connectivity index (χ0v) is 10.2. The lowest BCUT2D eigenvalue weighted by Gasteiger charge is -2.11. The van der Waals surface area contributed by atoms with E-state index >= 15 is 0 Å². The first-order valence-corrected chi connectivity index (χ1v) is 6.06. The number of thioether (sulfide) groups is 1. The molecule has 3 N–H and O–H groups in total. The fourth-order valence-corrected chi connectivity index (χ4v) is 1.82. The van der Waals surface area contributed by atoms with Crippen LogP contribution in [0.25, 0.3) is 0 Å². The summed E-state index contributed by atoms with van der Waals surface area (Å²) in [6, 6.07) is 0. The van der Waals surface area contributed by atoms with Crippen LogP contribution in [0.3, 0.4) is 0 Å². The second-order valence-corrected chi connectivity index (χ2v) is 4.59. The van der Waals surface area contributed by atoms with E-state index in [4.69, 9.17) is 10.8 Å². The summed E-state index contributed by atoms with van der Waals surface area (Å²) in [5.74, 6) is -0.101. The summed E-state index contributed by atoms with van der Waals surface area (Å²) in [5, 5.41) is 16.8. The highest BCUT2D eigenvalue weighted by molar-refractivity contribution is 7.99. The molecule has 0 aliphatic rings. The molecule has 0 aromatic carbocycles. The van der Waals surface area contributed by atoms with E-state index in [1.807, 2.05) is 0 Å². The third-order valence-corrected chi connectivity index (χ3v) is 3.21. The molecule has 6 nitrogen and oxygen atoms in total. The highest BCUT2D eigenvalue weighted by Crippen LogP contribution is 2.20. The van der Waals surface area contributed by atoms with Gasteiger partial charge in [-0.15, -0.1) is 10.2 Å². The number of carboxylic acids is 1. The van der Waals surface area contributed by atoms with Crippen LogP contribution in [-0.4, -0.2) is 31.6 Å². The van der Waals surface area contributed by atoms with Crippen LogP contribution < -0.4 is 5.73 Å². The van der Waals surface area contributed by atoms with Gasteiger partial charge in [0.1, 0.15) is 0 Å². The van der Waals surface area contributed by atoms with Crippen LogP contribution >= 0.6 is 11.8 Å². The number of rotatable bonds is 6. The summed E-state index contributed by atoms with van der Waals surface area (Å²) in [7, 11) is 0. The van der Waals surface area contributed by atoms with Gasteiger partial charge in [-0.05, 0) is 5.92 Å². The molecule has 0 saturated carbocycles. The number of carbonyl (C=O) groups is 1. The van der Waals surface area contributed by atoms with E-state index < -0.39 is 5.97 Å². The van der Waals surface area contributed by atoms with Crippen LogP contribution in [0.1, 0.15) is 20.3 Å². The maximum absolute atomic E-state index is 10.5. The predicted molar refractivity (Wildman–Crippen MR) is 62.2 cm³/mol. The molecule has 1 unspecified atom stereocenters. The lowest BCUT2D eigenvalue weighted by Crippen LogP contribution is -2.11. The van der Waals surface area contributed by atoms with Crippen molar-refractivity contribution in [3.05, 3.63) is 0 Å². The van der Waals surface area contributed by atoms with Crippen molar-refractivity contribution in [3.63, 3.8) is 0 Å². The van der Waals surface area contributed by atoms with Crippen molar-refractivity contribution in [2.45, 2.75) is 32.0 Å². The van der Waals surface area contributed by atoms with E-state index in [2.05, 4.69) is 24.0 Å². The Hall–Kier alpha value is -1.24. The standard InChI is InChI=1S/C9H16N4O2S/c1-3-6(2)4-13-8(10)11-12-9(13)16-5-7(14)15/h6H,3-5H2,1-2H3,(H2,10,11)(H,14,15). The monoisotopic (exact) mass is 244 g/mol. The van der Waals surface area contributed by atoms with Gasteiger partial charge in [0.25, 0.3) is 0 Å². The van der Waals surface area contributed by atoms with Gasteiger partial charge in [-0.25, -0.2) is 0 Å². The zero-order valence-electron chi connectivity index (χ0n) is 9.38. The lowest BCUT2D eigenvalue weighted by atomic mass is 10.1. The van der Waals surface area contributed by atoms with Gasteiger partial charge >= 0.3 is 5.97 Å². The first-order valence-electron chi connectivity index (χ1n) is 5.07. The summed E-state index contributed by atoms with van der Waals surface area (Å²) in [6.07, 6.45) is 1.03. The summed E-state index contributed by atoms with van der Waals surface area (Å²) in [5.41, 5.74) is 5.68. The Morgan fingerprint density at radius 3 is 2.88 bits per heavy atom. The highest BCUT2D eigenvalue weighted by atomic mass is 32.2. The average molecular weight is 244 g/mol. The molecule has 0 radical (unpaired) electrons. The van der Waals surface area contributed by atoms with E-state index in [9.17, 15) is 4.79 Å². The van der Waals surface area contributed by atoms with Gasteiger partial charge in [-0.1, -0.05) is 32.0 Å². The molecule has 0 amide bonds. The molecule has 0 aliphatic heterocycles. The summed E-state index contributed by atoms with van der Waals surface area (Å²) >= 11 is 1.14. The van der Waals surface area contributed by atoms with Crippen LogP contribution in [0.5, 0.6) is 0 Å². The Labute approximate surface area is 98.2 Å². The van der Waals surface area contributed by atoms with Gasteiger partial charge in [0, 0.05) is 6.54 Å². The van der Waals surface area contributed by atoms with Crippen molar-refractivity contribution in [2.24, 2.45) is 5.92 Å². The molecule has 1 aromatic heterocycles. The van der Waals surface area contributed by atoms with E-state index in [1.54, 1.807) is 4.57 Å². The molecule has 90 valence electrons. The van der Waals surface area contributed by atoms with Crippen LogP contribution in [0.2, 0.25) is 0 Å². The van der Waals surface area contributed by atoms with Gasteiger partial charge in [0.2, 0.25) is 5.95 Å². The zero-order chi connectivity index (χ0) is 12.1. The quantitative estimate of drug-likeness (QED) is 0.727. The maximum Gasteiger partial charge on any atom is 0.313 e. The Bertz CT molecular complexity index is 366. The number of aliphatic carboxylic acids is 1. The Morgan fingerprint density at radius 1 is 1.62 bits per heavy atom. The average Bonchev–Trinajstić information content (AvgIpc) is 2.57. The molecule has 1 heterocycles. The summed E-state index contributed by atoms with van der Waals surface area (Å²) in [4.78, 5) is 10.5. The second kappa shape index (κ2) is 5.74. The van der Waals surface area contributed by atoms with Crippen molar-refractivity contribution in [2.75, 3.05) is 11.5 Å². The fraction of sp³-hybridized carbons (Fsp3) is 0.667. The summed E-state index contributed by atoms with van der Waals surface area (Å²) in [6.45, 7) is 4.91. The molecule has 1 atom stereocenters. The molecular weight excluding hydrogens is 228 g/mol. The number of anilines is 1. The van der Waals surface area contributed by atoms with Crippen molar-refractivity contribution >= 4 is 23.7 Å². The van der Waals surface area contributed by atoms with E-state index in [0.717, 1.165) is 24.7 Å². The molecule has 7 heteroatoms. The van der Waals surface area contributed by atoms with Gasteiger partial charge in [0.05, 0.1) is 5.75 Å². The van der Waals surface area contributed by atoms with Crippen molar-refractivity contribution in [3.8, 4) is 0 Å². The minimum atomic E-state index is -0.873. The number of nitrogens with zero attached hydrogens (tertiary/aromatic N) is 3. The fourth-order valence-electron chi connectivity index (χ4n) is 1.15. The van der Waals surface area contributed by atoms with Gasteiger partial charge in [0.15, 0.2) is 5.16 Å². The van der Waals surface area contributed by atoms with Crippen LogP contribution in [0.4, 0.5) is 5.95 Å². The number of nitrogen functional groups attached to an aromatic ring is 1. The van der Waals surface area contributed by atoms with Gasteiger partial charge < -0.3 is 10.8 Å². The largest absolute Gasteiger partial charge is 0.481 e. The number of nitrogens with two attached hydrogens (primary N) is 1. The number of carboxylic acid groups (broad SMARTS) is 1. The van der Waals surface area contributed by atoms with Crippen molar-refractivity contribution in [1.29, 1.82) is 0 Å². The summed E-state index contributed by atoms with van der Waals surface area (Å²) < 4.78 is 1.77. The number of hydrogen-bond donors (Lipinski definition) is 2. The molecule has 0 aliphatic carbocycles. The molecule has 1 rings (SSSR count). The smallest absolute Gasteiger partial charge is 0.313 e. The number of aromatic nitrogens is 3. The molecular formula is C9H16N4O2S. The highest BCUT2D eigenvalue weighted by Gasteiger charge is 2.13. The first kappa shape index (κ1) is 12.8. The number of hydrogen-bond acceptors (Lipinski definition) is 5. The predicted octanol–water partition coefficient (Wildman–Crippen LogP) is 1.08. The van der Waals surface area contributed by atoms with Crippen LogP contribution in [0.15, 0.2) is 5.16 Å². The topological polar surface area (TPSA) is 94.0 Å².